The molecule has 1 heterocycles. The Morgan fingerprint density at radius 1 is 1.24 bits per heavy atom. The highest BCUT2D eigenvalue weighted by molar-refractivity contribution is 5.23. The van der Waals surface area contributed by atoms with Crippen LogP contribution < -0.4 is 5.32 Å². The first-order chi connectivity index (χ1) is 8.02. The number of hydrogen-bond acceptors (Lipinski definition) is 2. The van der Waals surface area contributed by atoms with E-state index in [2.05, 4.69) is 38.1 Å². The van der Waals surface area contributed by atoms with Crippen molar-refractivity contribution in [2.45, 2.75) is 53.5 Å². The third-order valence-corrected chi connectivity index (χ3v) is 3.35. The molecule has 0 aliphatic carbocycles. The minimum Gasteiger partial charge on any atom is -0.313 e. The molecule has 0 aromatic carbocycles. The fraction of sp³-hybridized carbons (Fsp3) is 0.786. The molecule has 0 saturated heterocycles. The first-order valence-electron chi connectivity index (χ1n) is 6.72. The summed E-state index contributed by atoms with van der Waals surface area (Å²) in [7, 11) is 2.01. The predicted molar refractivity (Wildman–Crippen MR) is 73.1 cm³/mol. The molecule has 1 N–H and O–H groups in total. The summed E-state index contributed by atoms with van der Waals surface area (Å²) in [4.78, 5) is 0. The molecule has 0 unspecified atom stereocenters. The highest BCUT2D eigenvalue weighted by atomic mass is 15.3. The Hall–Kier alpha value is -0.830. The van der Waals surface area contributed by atoms with Crippen molar-refractivity contribution in [1.82, 2.24) is 15.1 Å². The van der Waals surface area contributed by atoms with Gasteiger partial charge in [-0.25, -0.2) is 0 Å². The Morgan fingerprint density at radius 2 is 1.94 bits per heavy atom. The molecule has 98 valence electrons. The van der Waals surface area contributed by atoms with Crippen molar-refractivity contribution >= 4 is 0 Å². The number of hydrogen-bond donors (Lipinski definition) is 1. The topological polar surface area (TPSA) is 29.9 Å². The molecule has 1 aromatic heterocycles. The molecule has 0 bridgehead atoms. The van der Waals surface area contributed by atoms with Gasteiger partial charge in [0.1, 0.15) is 0 Å². The summed E-state index contributed by atoms with van der Waals surface area (Å²) in [5.74, 6) is 0.831. The smallest absolute Gasteiger partial charge is 0.0641 e. The lowest BCUT2D eigenvalue weighted by molar-refractivity contribution is 0.520. The van der Waals surface area contributed by atoms with Crippen molar-refractivity contribution < 1.29 is 0 Å². The van der Waals surface area contributed by atoms with Crippen molar-refractivity contribution in [3.63, 3.8) is 0 Å². The SMILES string of the molecule is Cc1nn(C)c(C)c1CNCCCCC(C)C. The Balaban J connectivity index is 2.22. The van der Waals surface area contributed by atoms with Crippen LogP contribution in [0.3, 0.4) is 0 Å². The number of rotatable bonds is 7. The van der Waals surface area contributed by atoms with E-state index >= 15 is 0 Å². The molecular formula is C14H27N3. The van der Waals surface area contributed by atoms with Crippen LogP contribution in [-0.2, 0) is 13.6 Å². The van der Waals surface area contributed by atoms with E-state index < -0.39 is 0 Å². The zero-order valence-corrected chi connectivity index (χ0v) is 12.0. The maximum atomic E-state index is 4.43. The highest BCUT2D eigenvalue weighted by Gasteiger charge is 2.07. The Kier molecular flexibility index (Phi) is 5.69. The molecule has 17 heavy (non-hydrogen) atoms. The first kappa shape index (κ1) is 14.2. The van der Waals surface area contributed by atoms with E-state index in [0.29, 0.717) is 0 Å². The third-order valence-electron chi connectivity index (χ3n) is 3.35. The summed E-state index contributed by atoms with van der Waals surface area (Å²) >= 11 is 0. The van der Waals surface area contributed by atoms with Crippen LogP contribution in [0.2, 0.25) is 0 Å². The van der Waals surface area contributed by atoms with Crippen molar-refractivity contribution in [2.75, 3.05) is 6.54 Å². The largest absolute Gasteiger partial charge is 0.313 e. The number of nitrogens with one attached hydrogen (secondary N) is 1. The molecule has 0 aliphatic heterocycles. The van der Waals surface area contributed by atoms with E-state index in [1.165, 1.54) is 30.5 Å². The van der Waals surface area contributed by atoms with Crippen LogP contribution in [0.5, 0.6) is 0 Å². The van der Waals surface area contributed by atoms with Crippen molar-refractivity contribution in [1.29, 1.82) is 0 Å². The maximum absolute atomic E-state index is 4.43. The summed E-state index contributed by atoms with van der Waals surface area (Å²) in [5.41, 5.74) is 3.79. The Bertz CT molecular complexity index is 339. The molecule has 0 spiro atoms. The van der Waals surface area contributed by atoms with Crippen LogP contribution in [0.1, 0.15) is 50.1 Å². The van der Waals surface area contributed by atoms with Crippen molar-refractivity contribution in [3.8, 4) is 0 Å². The quantitative estimate of drug-likeness (QED) is 0.739. The Labute approximate surface area is 106 Å². The van der Waals surface area contributed by atoms with Gasteiger partial charge in [-0.05, 0) is 32.7 Å². The zero-order valence-electron chi connectivity index (χ0n) is 12.0. The van der Waals surface area contributed by atoms with Crippen LogP contribution >= 0.6 is 0 Å². The fourth-order valence-corrected chi connectivity index (χ4v) is 2.09. The standard InChI is InChI=1S/C14H27N3/c1-11(2)8-6-7-9-15-10-14-12(3)16-17(5)13(14)4/h11,15H,6-10H2,1-5H3. The lowest BCUT2D eigenvalue weighted by atomic mass is 10.1. The van der Waals surface area contributed by atoms with Gasteiger partial charge in [0.2, 0.25) is 0 Å². The molecular weight excluding hydrogens is 210 g/mol. The van der Waals surface area contributed by atoms with Gasteiger partial charge in [-0.2, -0.15) is 5.10 Å². The molecule has 0 fully saturated rings. The molecule has 1 rings (SSSR count). The van der Waals surface area contributed by atoms with Gasteiger partial charge in [-0.3, -0.25) is 4.68 Å². The molecule has 0 amide bonds. The second-order valence-corrected chi connectivity index (χ2v) is 5.34. The second kappa shape index (κ2) is 6.80. The molecule has 1 aromatic rings. The number of aryl methyl sites for hydroxylation is 2. The van der Waals surface area contributed by atoms with Crippen molar-refractivity contribution in [2.24, 2.45) is 13.0 Å². The van der Waals surface area contributed by atoms with Crippen LogP contribution in [0.15, 0.2) is 0 Å². The number of unbranched alkanes of at least 4 members (excludes halogenated alkanes) is 1. The highest BCUT2D eigenvalue weighted by Crippen LogP contribution is 2.11. The molecule has 3 heteroatoms. The summed E-state index contributed by atoms with van der Waals surface area (Å²) in [6.45, 7) is 10.9. The zero-order chi connectivity index (χ0) is 12.8. The van der Waals surface area contributed by atoms with Gasteiger partial charge in [0.25, 0.3) is 0 Å². The first-order valence-corrected chi connectivity index (χ1v) is 6.72. The van der Waals surface area contributed by atoms with Crippen LogP contribution in [0.25, 0.3) is 0 Å². The van der Waals surface area contributed by atoms with Crippen LogP contribution in [0.4, 0.5) is 0 Å². The summed E-state index contributed by atoms with van der Waals surface area (Å²) in [6.07, 6.45) is 3.94. The second-order valence-electron chi connectivity index (χ2n) is 5.34. The van der Waals surface area contributed by atoms with Gasteiger partial charge in [0.15, 0.2) is 0 Å². The third kappa shape index (κ3) is 4.50. The van der Waals surface area contributed by atoms with Gasteiger partial charge in [-0.15, -0.1) is 0 Å². The number of nitrogens with zero attached hydrogens (tertiary/aromatic N) is 2. The van der Waals surface area contributed by atoms with Gasteiger partial charge < -0.3 is 5.32 Å². The minimum absolute atomic E-state index is 0.831. The van der Waals surface area contributed by atoms with Crippen LogP contribution in [-0.4, -0.2) is 16.3 Å². The maximum Gasteiger partial charge on any atom is 0.0641 e. The monoisotopic (exact) mass is 237 g/mol. The fourth-order valence-electron chi connectivity index (χ4n) is 2.09. The number of aromatic nitrogens is 2. The van der Waals surface area contributed by atoms with Gasteiger partial charge >= 0.3 is 0 Å². The van der Waals surface area contributed by atoms with E-state index in [9.17, 15) is 0 Å². The molecule has 0 radical (unpaired) electrons. The lowest BCUT2D eigenvalue weighted by Crippen LogP contribution is -2.15. The van der Waals surface area contributed by atoms with Crippen molar-refractivity contribution in [3.05, 3.63) is 17.0 Å². The summed E-state index contributed by atoms with van der Waals surface area (Å²) in [6, 6.07) is 0. The van der Waals surface area contributed by atoms with Gasteiger partial charge in [0.05, 0.1) is 5.69 Å². The molecule has 0 atom stereocenters. The molecule has 3 nitrogen and oxygen atoms in total. The average molecular weight is 237 g/mol. The van der Waals surface area contributed by atoms with E-state index in [0.717, 1.165) is 24.7 Å². The predicted octanol–water partition coefficient (Wildman–Crippen LogP) is 2.95. The van der Waals surface area contributed by atoms with Gasteiger partial charge in [0, 0.05) is 24.8 Å². The van der Waals surface area contributed by atoms with Gasteiger partial charge in [-0.1, -0.05) is 26.7 Å². The van der Waals surface area contributed by atoms with Crippen LogP contribution in [0, 0.1) is 19.8 Å². The van der Waals surface area contributed by atoms with E-state index in [1.54, 1.807) is 0 Å². The minimum atomic E-state index is 0.831. The summed E-state index contributed by atoms with van der Waals surface area (Å²) in [5, 5.41) is 7.94. The normalized spacial score (nSPS) is 11.4. The average Bonchev–Trinajstić information content (AvgIpc) is 2.48. The van der Waals surface area contributed by atoms with E-state index in [1.807, 2.05) is 11.7 Å². The lowest BCUT2D eigenvalue weighted by Gasteiger charge is -2.06. The van der Waals surface area contributed by atoms with E-state index in [-0.39, 0.29) is 0 Å². The summed E-state index contributed by atoms with van der Waals surface area (Å²) < 4.78 is 1.96. The molecule has 0 aliphatic rings. The van der Waals surface area contributed by atoms with E-state index in [4.69, 9.17) is 0 Å². The Morgan fingerprint density at radius 3 is 2.47 bits per heavy atom. The molecule has 0 saturated carbocycles.